The number of nitrogens with zero attached hydrogens (tertiary/aromatic N) is 4. The number of carbonyl (C=O) groups is 1. The number of benzene rings is 1. The van der Waals surface area contributed by atoms with Gasteiger partial charge in [0.25, 0.3) is 5.91 Å². The molecule has 1 N–H and O–H groups in total. The number of hydrogen-bond acceptors (Lipinski definition) is 4. The van der Waals surface area contributed by atoms with E-state index in [1.807, 2.05) is 31.2 Å². The molecule has 0 fully saturated rings. The first-order valence-electron chi connectivity index (χ1n) is 5.76. The van der Waals surface area contributed by atoms with Gasteiger partial charge in [0.1, 0.15) is 12.0 Å². The standard InChI is InChI=1S/C13H11N5O/c1-9-6-15-11(7-14-9)13(19)17-18-8-16-10-4-2-3-5-12(10)18/h2-8H,1H3,(H,17,19). The van der Waals surface area contributed by atoms with Gasteiger partial charge in [-0.15, -0.1) is 0 Å². The first kappa shape index (κ1) is 11.3. The van der Waals surface area contributed by atoms with Crippen LogP contribution >= 0.6 is 0 Å². The molecule has 19 heavy (non-hydrogen) atoms. The topological polar surface area (TPSA) is 72.7 Å². The quantitative estimate of drug-likeness (QED) is 0.751. The minimum atomic E-state index is -0.323. The summed E-state index contributed by atoms with van der Waals surface area (Å²) >= 11 is 0. The summed E-state index contributed by atoms with van der Waals surface area (Å²) in [6.45, 7) is 1.82. The molecule has 0 atom stereocenters. The number of fused-ring (bicyclic) bond motifs is 1. The molecule has 0 bridgehead atoms. The van der Waals surface area contributed by atoms with Gasteiger partial charge in [-0.1, -0.05) is 12.1 Å². The Kier molecular flexibility index (Phi) is 2.68. The summed E-state index contributed by atoms with van der Waals surface area (Å²) in [5, 5.41) is 0. The van der Waals surface area contributed by atoms with Crippen LogP contribution in [0.25, 0.3) is 11.0 Å². The lowest BCUT2D eigenvalue weighted by atomic mass is 10.3. The van der Waals surface area contributed by atoms with Crippen molar-refractivity contribution in [3.8, 4) is 0 Å². The molecule has 1 aromatic carbocycles. The molecule has 0 saturated heterocycles. The van der Waals surface area contributed by atoms with Gasteiger partial charge in [0.2, 0.25) is 0 Å². The molecule has 0 saturated carbocycles. The molecular weight excluding hydrogens is 242 g/mol. The van der Waals surface area contributed by atoms with Crippen molar-refractivity contribution in [3.63, 3.8) is 0 Å². The van der Waals surface area contributed by atoms with Crippen molar-refractivity contribution in [1.29, 1.82) is 0 Å². The van der Waals surface area contributed by atoms with Crippen LogP contribution in [0, 0.1) is 6.92 Å². The molecule has 94 valence electrons. The zero-order valence-electron chi connectivity index (χ0n) is 10.2. The van der Waals surface area contributed by atoms with E-state index in [4.69, 9.17) is 0 Å². The molecule has 2 heterocycles. The summed E-state index contributed by atoms with van der Waals surface area (Å²) in [7, 11) is 0. The highest BCUT2D eigenvalue weighted by molar-refractivity contribution is 5.98. The van der Waals surface area contributed by atoms with Crippen LogP contribution < -0.4 is 5.43 Å². The maximum atomic E-state index is 12.0. The summed E-state index contributed by atoms with van der Waals surface area (Å²) in [5.41, 5.74) is 5.40. The predicted molar refractivity (Wildman–Crippen MR) is 70.2 cm³/mol. The number of rotatable bonds is 2. The number of amides is 1. The second-order valence-corrected chi connectivity index (χ2v) is 4.09. The third kappa shape index (κ3) is 2.15. The van der Waals surface area contributed by atoms with Crippen molar-refractivity contribution in [3.05, 3.63) is 54.4 Å². The van der Waals surface area contributed by atoms with Gasteiger partial charge in [-0.25, -0.2) is 14.6 Å². The van der Waals surface area contributed by atoms with E-state index < -0.39 is 0 Å². The predicted octanol–water partition coefficient (Wildman–Crippen LogP) is 1.52. The first-order valence-corrected chi connectivity index (χ1v) is 5.76. The van der Waals surface area contributed by atoms with Crippen LogP contribution in [-0.2, 0) is 0 Å². The Labute approximate surface area is 109 Å². The van der Waals surface area contributed by atoms with Gasteiger partial charge in [-0.3, -0.25) is 15.2 Å². The largest absolute Gasteiger partial charge is 0.290 e. The zero-order valence-corrected chi connectivity index (χ0v) is 10.2. The molecule has 0 unspecified atom stereocenters. The Morgan fingerprint density at radius 3 is 2.79 bits per heavy atom. The average Bonchev–Trinajstić information content (AvgIpc) is 2.83. The minimum absolute atomic E-state index is 0.267. The Hall–Kier alpha value is -2.76. The van der Waals surface area contributed by atoms with Crippen LogP contribution in [0.15, 0.2) is 43.0 Å². The van der Waals surface area contributed by atoms with Crippen LogP contribution in [0.5, 0.6) is 0 Å². The van der Waals surface area contributed by atoms with Crippen LogP contribution in [-0.4, -0.2) is 25.5 Å². The lowest BCUT2D eigenvalue weighted by Crippen LogP contribution is -2.23. The van der Waals surface area contributed by atoms with E-state index in [2.05, 4.69) is 20.4 Å². The molecule has 6 heteroatoms. The number of carbonyl (C=O) groups excluding carboxylic acids is 1. The maximum absolute atomic E-state index is 12.0. The number of para-hydroxylation sites is 2. The fourth-order valence-electron chi connectivity index (χ4n) is 1.72. The highest BCUT2D eigenvalue weighted by Gasteiger charge is 2.09. The zero-order chi connectivity index (χ0) is 13.2. The van der Waals surface area contributed by atoms with Crippen molar-refractivity contribution in [2.24, 2.45) is 0 Å². The molecule has 3 aromatic rings. The van der Waals surface area contributed by atoms with E-state index in [1.165, 1.54) is 6.20 Å². The number of aryl methyl sites for hydroxylation is 1. The van der Waals surface area contributed by atoms with Crippen LogP contribution in [0.2, 0.25) is 0 Å². The fraction of sp³-hybridized carbons (Fsp3) is 0.0769. The highest BCUT2D eigenvalue weighted by Crippen LogP contribution is 2.10. The third-order valence-corrected chi connectivity index (χ3v) is 2.69. The highest BCUT2D eigenvalue weighted by atomic mass is 16.2. The lowest BCUT2D eigenvalue weighted by molar-refractivity contribution is 0.100. The number of hydrogen-bond donors (Lipinski definition) is 1. The Bertz CT molecular complexity index is 732. The smallest absolute Gasteiger partial charge is 0.266 e. The van der Waals surface area contributed by atoms with E-state index in [9.17, 15) is 4.79 Å². The average molecular weight is 253 g/mol. The van der Waals surface area contributed by atoms with Crippen molar-refractivity contribution in [2.45, 2.75) is 6.92 Å². The van der Waals surface area contributed by atoms with Gasteiger partial charge in [0.15, 0.2) is 0 Å². The SMILES string of the molecule is Cc1cnc(C(=O)Nn2cnc3ccccc32)cn1. The van der Waals surface area contributed by atoms with Gasteiger partial charge >= 0.3 is 0 Å². The van der Waals surface area contributed by atoms with E-state index >= 15 is 0 Å². The van der Waals surface area contributed by atoms with Crippen LogP contribution in [0.4, 0.5) is 0 Å². The summed E-state index contributed by atoms with van der Waals surface area (Å²) < 4.78 is 1.57. The summed E-state index contributed by atoms with van der Waals surface area (Å²) in [6.07, 6.45) is 4.56. The van der Waals surface area contributed by atoms with E-state index in [1.54, 1.807) is 17.2 Å². The molecule has 0 radical (unpaired) electrons. The van der Waals surface area contributed by atoms with Crippen LogP contribution in [0.1, 0.15) is 16.2 Å². The molecule has 0 spiro atoms. The third-order valence-electron chi connectivity index (χ3n) is 2.69. The summed E-state index contributed by atoms with van der Waals surface area (Å²) in [5.74, 6) is -0.323. The molecule has 1 amide bonds. The second kappa shape index (κ2) is 4.49. The molecule has 3 rings (SSSR count). The van der Waals surface area contributed by atoms with Gasteiger partial charge in [-0.05, 0) is 19.1 Å². The first-order chi connectivity index (χ1) is 9.24. The van der Waals surface area contributed by atoms with Gasteiger partial charge < -0.3 is 0 Å². The van der Waals surface area contributed by atoms with Crippen molar-refractivity contribution < 1.29 is 4.79 Å². The molecule has 0 aliphatic rings. The van der Waals surface area contributed by atoms with E-state index in [-0.39, 0.29) is 11.6 Å². The number of imidazole rings is 1. The van der Waals surface area contributed by atoms with E-state index in [0.29, 0.717) is 0 Å². The normalized spacial score (nSPS) is 10.6. The van der Waals surface area contributed by atoms with Crippen molar-refractivity contribution >= 4 is 16.9 Å². The fourth-order valence-corrected chi connectivity index (χ4v) is 1.72. The Balaban J connectivity index is 1.89. The van der Waals surface area contributed by atoms with Gasteiger partial charge in [0, 0.05) is 6.20 Å². The van der Waals surface area contributed by atoms with Crippen molar-refractivity contribution in [1.82, 2.24) is 19.6 Å². The van der Waals surface area contributed by atoms with Crippen molar-refractivity contribution in [2.75, 3.05) is 5.43 Å². The molecule has 0 aliphatic carbocycles. The van der Waals surface area contributed by atoms with Gasteiger partial charge in [0.05, 0.1) is 22.9 Å². The molecular formula is C13H11N5O. The maximum Gasteiger partial charge on any atom is 0.290 e. The van der Waals surface area contributed by atoms with Crippen LogP contribution in [0.3, 0.4) is 0 Å². The Morgan fingerprint density at radius 1 is 1.16 bits per heavy atom. The number of nitrogens with one attached hydrogen (secondary N) is 1. The molecule has 6 nitrogen and oxygen atoms in total. The molecule has 2 aromatic heterocycles. The minimum Gasteiger partial charge on any atom is -0.266 e. The monoisotopic (exact) mass is 253 g/mol. The molecule has 0 aliphatic heterocycles. The summed E-state index contributed by atoms with van der Waals surface area (Å²) in [4.78, 5) is 24.3. The van der Waals surface area contributed by atoms with Gasteiger partial charge in [-0.2, -0.15) is 0 Å². The lowest BCUT2D eigenvalue weighted by Gasteiger charge is -2.06. The second-order valence-electron chi connectivity index (χ2n) is 4.09. The number of aromatic nitrogens is 4. The Morgan fingerprint density at radius 2 is 2.00 bits per heavy atom. The van der Waals surface area contributed by atoms with E-state index in [0.717, 1.165) is 16.7 Å². The summed E-state index contributed by atoms with van der Waals surface area (Å²) in [6, 6.07) is 7.54.